The lowest BCUT2D eigenvalue weighted by atomic mass is 9.92. The molecule has 0 bridgehead atoms. The number of aryl methyl sites for hydroxylation is 2. The first-order chi connectivity index (χ1) is 14.6. The van der Waals surface area contributed by atoms with Gasteiger partial charge in [-0.05, 0) is 37.1 Å². The Morgan fingerprint density at radius 3 is 2.23 bits per heavy atom. The summed E-state index contributed by atoms with van der Waals surface area (Å²) < 4.78 is 1.76. The first kappa shape index (κ1) is 22.3. The van der Waals surface area contributed by atoms with Crippen LogP contribution in [0.4, 0.5) is 5.82 Å². The molecule has 1 heterocycles. The summed E-state index contributed by atoms with van der Waals surface area (Å²) in [6.45, 7) is 10.1. The summed E-state index contributed by atoms with van der Waals surface area (Å²) >= 11 is 0. The summed E-state index contributed by atoms with van der Waals surface area (Å²) in [5.41, 5.74) is 4.12. The van der Waals surface area contributed by atoms with Crippen LogP contribution in [-0.2, 0) is 10.2 Å². The minimum absolute atomic E-state index is 0.0586. The zero-order valence-electron chi connectivity index (χ0n) is 19.1. The molecule has 3 rings (SSSR count). The molecule has 0 aliphatic heterocycles. The molecule has 6 heteroatoms. The van der Waals surface area contributed by atoms with Crippen molar-refractivity contribution in [3.05, 3.63) is 77.0 Å². The van der Waals surface area contributed by atoms with Crippen molar-refractivity contribution in [2.24, 2.45) is 0 Å². The molecular formula is C25H30N4O2. The number of carbonyl (C=O) groups excluding carboxylic acids is 2. The Kier molecular flexibility index (Phi) is 6.29. The predicted molar refractivity (Wildman–Crippen MR) is 124 cm³/mol. The Morgan fingerprint density at radius 2 is 1.61 bits per heavy atom. The number of carbonyl (C=O) groups is 2. The summed E-state index contributed by atoms with van der Waals surface area (Å²) in [6.07, 6.45) is 0. The van der Waals surface area contributed by atoms with Crippen LogP contribution in [0.5, 0.6) is 0 Å². The summed E-state index contributed by atoms with van der Waals surface area (Å²) in [5.74, 6) is 0.122. The average molecular weight is 419 g/mol. The van der Waals surface area contributed by atoms with Crippen LogP contribution in [0, 0.1) is 13.8 Å². The monoisotopic (exact) mass is 418 g/mol. The highest BCUT2D eigenvalue weighted by Gasteiger charge is 2.23. The molecule has 31 heavy (non-hydrogen) atoms. The third kappa shape index (κ3) is 5.02. The van der Waals surface area contributed by atoms with Crippen LogP contribution in [-0.4, -0.2) is 40.1 Å². The van der Waals surface area contributed by atoms with E-state index in [0.717, 1.165) is 22.5 Å². The second-order valence-corrected chi connectivity index (χ2v) is 8.89. The van der Waals surface area contributed by atoms with Crippen LogP contribution >= 0.6 is 0 Å². The fourth-order valence-electron chi connectivity index (χ4n) is 3.31. The molecule has 0 saturated carbocycles. The summed E-state index contributed by atoms with van der Waals surface area (Å²) in [4.78, 5) is 27.0. The molecule has 6 nitrogen and oxygen atoms in total. The van der Waals surface area contributed by atoms with Crippen molar-refractivity contribution in [2.75, 3.05) is 18.9 Å². The molecule has 0 fully saturated rings. The Morgan fingerprint density at radius 1 is 1.00 bits per heavy atom. The number of rotatable bonds is 5. The topological polar surface area (TPSA) is 67.2 Å². The first-order valence-corrected chi connectivity index (χ1v) is 10.4. The van der Waals surface area contributed by atoms with Gasteiger partial charge in [0.25, 0.3) is 5.91 Å². The van der Waals surface area contributed by atoms with E-state index in [4.69, 9.17) is 5.10 Å². The second kappa shape index (κ2) is 8.76. The number of hydrogen-bond acceptors (Lipinski definition) is 3. The largest absolute Gasteiger partial charge is 0.332 e. The Balaban J connectivity index is 1.84. The molecule has 2 aromatic carbocycles. The Labute approximate surface area is 183 Å². The van der Waals surface area contributed by atoms with Gasteiger partial charge in [0.15, 0.2) is 0 Å². The van der Waals surface area contributed by atoms with E-state index >= 15 is 0 Å². The molecule has 0 spiro atoms. The van der Waals surface area contributed by atoms with Gasteiger partial charge in [0.2, 0.25) is 5.91 Å². The van der Waals surface area contributed by atoms with E-state index in [2.05, 4.69) is 26.1 Å². The lowest BCUT2D eigenvalue weighted by Crippen LogP contribution is -2.35. The van der Waals surface area contributed by atoms with Crippen molar-refractivity contribution in [3.8, 4) is 5.69 Å². The number of nitrogens with zero attached hydrogens (tertiary/aromatic N) is 3. The molecule has 0 aliphatic rings. The number of nitrogens with one attached hydrogen (secondary N) is 1. The van der Waals surface area contributed by atoms with Gasteiger partial charge >= 0.3 is 0 Å². The van der Waals surface area contributed by atoms with Crippen LogP contribution in [0.2, 0.25) is 0 Å². The van der Waals surface area contributed by atoms with Crippen LogP contribution in [0.25, 0.3) is 5.69 Å². The van der Waals surface area contributed by atoms with Crippen molar-refractivity contribution in [1.82, 2.24) is 14.7 Å². The van der Waals surface area contributed by atoms with Gasteiger partial charge in [-0.3, -0.25) is 9.59 Å². The third-order valence-electron chi connectivity index (χ3n) is 5.19. The zero-order chi connectivity index (χ0) is 22.8. The summed E-state index contributed by atoms with van der Waals surface area (Å²) in [7, 11) is 1.63. The minimum atomic E-state index is -0.278. The normalized spacial score (nSPS) is 11.3. The standard InChI is InChI=1S/C25H30N4O2/c1-17-11-7-9-13-19(17)24(31)28(6)16-23(30)26-22-15-21(25(3,4)5)27-29(22)20-14-10-8-12-18(20)2/h7-15H,16H2,1-6H3,(H,26,30). The lowest BCUT2D eigenvalue weighted by Gasteiger charge is -2.18. The molecule has 0 radical (unpaired) electrons. The van der Waals surface area contributed by atoms with Crippen LogP contribution in [0.3, 0.4) is 0 Å². The first-order valence-electron chi connectivity index (χ1n) is 10.4. The van der Waals surface area contributed by atoms with Crippen LogP contribution in [0.1, 0.15) is 48.0 Å². The van der Waals surface area contributed by atoms with Crippen molar-refractivity contribution in [1.29, 1.82) is 0 Å². The molecule has 1 N–H and O–H groups in total. The van der Waals surface area contributed by atoms with Gasteiger partial charge < -0.3 is 10.2 Å². The number of aromatic nitrogens is 2. The molecule has 0 saturated heterocycles. The van der Waals surface area contributed by atoms with E-state index in [1.54, 1.807) is 17.8 Å². The van der Waals surface area contributed by atoms with E-state index in [-0.39, 0.29) is 23.8 Å². The van der Waals surface area contributed by atoms with Crippen molar-refractivity contribution >= 4 is 17.6 Å². The van der Waals surface area contributed by atoms with E-state index in [1.807, 2.05) is 62.4 Å². The van der Waals surface area contributed by atoms with Crippen molar-refractivity contribution in [3.63, 3.8) is 0 Å². The Bertz CT molecular complexity index is 1110. The molecule has 0 aliphatic carbocycles. The van der Waals surface area contributed by atoms with E-state index in [1.165, 1.54) is 4.90 Å². The molecule has 0 unspecified atom stereocenters. The number of likely N-dealkylation sites (N-methyl/N-ethyl adjacent to an activating group) is 1. The summed E-state index contributed by atoms with van der Waals surface area (Å²) in [6, 6.07) is 17.2. The molecule has 1 aromatic heterocycles. The highest BCUT2D eigenvalue weighted by atomic mass is 16.2. The smallest absolute Gasteiger partial charge is 0.254 e. The number of anilines is 1. The fraction of sp³-hybridized carbons (Fsp3) is 0.320. The van der Waals surface area contributed by atoms with Gasteiger partial charge in [0.05, 0.1) is 17.9 Å². The summed E-state index contributed by atoms with van der Waals surface area (Å²) in [5, 5.41) is 7.71. The van der Waals surface area contributed by atoms with Gasteiger partial charge in [-0.1, -0.05) is 57.2 Å². The van der Waals surface area contributed by atoms with Gasteiger partial charge in [-0.15, -0.1) is 0 Å². The number of hydrogen-bond donors (Lipinski definition) is 1. The SMILES string of the molecule is Cc1ccccc1C(=O)N(C)CC(=O)Nc1cc(C(C)(C)C)nn1-c1ccccc1C. The molecular weight excluding hydrogens is 388 g/mol. The maximum atomic E-state index is 12.8. The van der Waals surface area contributed by atoms with Crippen molar-refractivity contribution < 1.29 is 9.59 Å². The predicted octanol–water partition coefficient (Wildman–Crippen LogP) is 4.50. The number of amides is 2. The second-order valence-electron chi connectivity index (χ2n) is 8.89. The third-order valence-corrected chi connectivity index (χ3v) is 5.19. The molecule has 162 valence electrons. The van der Waals surface area contributed by atoms with Gasteiger partial charge in [-0.2, -0.15) is 5.10 Å². The number of para-hydroxylation sites is 1. The minimum Gasteiger partial charge on any atom is -0.332 e. The van der Waals surface area contributed by atoms with Gasteiger partial charge in [0, 0.05) is 24.1 Å². The average Bonchev–Trinajstić information content (AvgIpc) is 3.12. The Hall–Kier alpha value is -3.41. The maximum absolute atomic E-state index is 12.8. The number of benzene rings is 2. The highest BCUT2D eigenvalue weighted by Crippen LogP contribution is 2.27. The van der Waals surface area contributed by atoms with E-state index < -0.39 is 0 Å². The van der Waals surface area contributed by atoms with Gasteiger partial charge in [-0.25, -0.2) is 4.68 Å². The molecule has 2 amide bonds. The van der Waals surface area contributed by atoms with Gasteiger partial charge in [0.1, 0.15) is 5.82 Å². The lowest BCUT2D eigenvalue weighted by molar-refractivity contribution is -0.116. The molecule has 3 aromatic rings. The van der Waals surface area contributed by atoms with E-state index in [9.17, 15) is 9.59 Å². The molecule has 0 atom stereocenters. The quantitative estimate of drug-likeness (QED) is 0.663. The van der Waals surface area contributed by atoms with E-state index in [0.29, 0.717) is 11.4 Å². The maximum Gasteiger partial charge on any atom is 0.254 e. The van der Waals surface area contributed by atoms with Crippen LogP contribution < -0.4 is 5.32 Å². The van der Waals surface area contributed by atoms with Crippen LogP contribution in [0.15, 0.2) is 54.6 Å². The van der Waals surface area contributed by atoms with Crippen molar-refractivity contribution in [2.45, 2.75) is 40.0 Å². The zero-order valence-corrected chi connectivity index (χ0v) is 19.1. The highest BCUT2D eigenvalue weighted by molar-refractivity contribution is 5.99. The fourth-order valence-corrected chi connectivity index (χ4v) is 3.31.